The molecule has 1 aliphatic rings. The minimum Gasteiger partial charge on any atom is -0.394 e. The second-order valence-corrected chi connectivity index (χ2v) is 6.42. The highest BCUT2D eigenvalue weighted by Gasteiger charge is 2.37. The molecule has 118 valence electrons. The Bertz CT molecular complexity index is 256. The second kappa shape index (κ2) is 10.2. The Kier molecular flexibility index (Phi) is 8.92. The van der Waals surface area contributed by atoms with Gasteiger partial charge in [-0.2, -0.15) is 0 Å². The van der Waals surface area contributed by atoms with Gasteiger partial charge in [0.05, 0.1) is 12.1 Å². The number of nitrogens with one attached hydrogen (secondary N) is 1. The zero-order chi connectivity index (χ0) is 14.7. The van der Waals surface area contributed by atoms with Gasteiger partial charge in [-0.05, 0) is 25.7 Å². The molecule has 1 saturated carbocycles. The molecule has 3 heteroatoms. The first kappa shape index (κ1) is 17.5. The molecule has 0 aromatic heterocycles. The monoisotopic (exact) mass is 283 g/mol. The Morgan fingerprint density at radius 3 is 2.00 bits per heavy atom. The predicted molar refractivity (Wildman–Crippen MR) is 83.7 cm³/mol. The summed E-state index contributed by atoms with van der Waals surface area (Å²) in [6.45, 7) is 2.34. The number of unbranched alkanes of at least 4 members (excludes halogenated alkanes) is 8. The Balaban J connectivity index is 1.89. The maximum absolute atomic E-state index is 11.8. The molecule has 0 radical (unpaired) electrons. The van der Waals surface area contributed by atoms with E-state index in [1.807, 2.05) is 0 Å². The molecule has 0 heterocycles. The van der Waals surface area contributed by atoms with Gasteiger partial charge >= 0.3 is 0 Å². The summed E-state index contributed by atoms with van der Waals surface area (Å²) in [6.07, 6.45) is 15.1. The van der Waals surface area contributed by atoms with Crippen molar-refractivity contribution in [2.75, 3.05) is 6.61 Å². The quantitative estimate of drug-likeness (QED) is 0.533. The fourth-order valence-corrected chi connectivity index (χ4v) is 2.88. The van der Waals surface area contributed by atoms with Crippen LogP contribution in [0.25, 0.3) is 0 Å². The fraction of sp³-hybridized carbons (Fsp3) is 0.941. The van der Waals surface area contributed by atoms with Crippen LogP contribution < -0.4 is 5.32 Å². The number of carbonyl (C=O) groups excluding carboxylic acids is 1. The molecule has 0 aliphatic heterocycles. The Morgan fingerprint density at radius 1 is 1.00 bits per heavy atom. The first-order valence-corrected chi connectivity index (χ1v) is 8.64. The largest absolute Gasteiger partial charge is 0.394 e. The van der Waals surface area contributed by atoms with E-state index in [-0.39, 0.29) is 18.1 Å². The molecule has 0 aromatic rings. The van der Waals surface area contributed by atoms with Crippen molar-refractivity contribution in [3.8, 4) is 0 Å². The van der Waals surface area contributed by atoms with Crippen LogP contribution >= 0.6 is 0 Å². The molecule has 1 aliphatic carbocycles. The van der Waals surface area contributed by atoms with Crippen LogP contribution in [0.2, 0.25) is 0 Å². The van der Waals surface area contributed by atoms with Gasteiger partial charge < -0.3 is 10.4 Å². The average molecular weight is 283 g/mol. The standard InChI is InChI=1S/C17H33NO2/c1-2-3-4-5-6-7-8-9-10-12-16(20)18-17(15-19)13-11-14-17/h19H,2-15H2,1H3,(H,18,20). The summed E-state index contributed by atoms with van der Waals surface area (Å²) < 4.78 is 0. The molecule has 0 saturated heterocycles. The van der Waals surface area contributed by atoms with Gasteiger partial charge in [0.2, 0.25) is 5.91 Å². The Hall–Kier alpha value is -0.570. The normalized spacial score (nSPS) is 16.7. The van der Waals surface area contributed by atoms with Gasteiger partial charge in [0.1, 0.15) is 0 Å². The van der Waals surface area contributed by atoms with Crippen LogP contribution in [0.1, 0.15) is 90.4 Å². The molecule has 20 heavy (non-hydrogen) atoms. The number of amides is 1. The second-order valence-electron chi connectivity index (χ2n) is 6.42. The number of aliphatic hydroxyl groups is 1. The molecule has 0 unspecified atom stereocenters. The molecule has 0 spiro atoms. The van der Waals surface area contributed by atoms with Gasteiger partial charge in [0.25, 0.3) is 0 Å². The highest BCUT2D eigenvalue weighted by atomic mass is 16.3. The van der Waals surface area contributed by atoms with Crippen LogP contribution in [0.15, 0.2) is 0 Å². The van der Waals surface area contributed by atoms with Crippen molar-refractivity contribution in [1.82, 2.24) is 5.32 Å². The van der Waals surface area contributed by atoms with Crippen molar-refractivity contribution in [1.29, 1.82) is 0 Å². The first-order chi connectivity index (χ1) is 9.72. The molecule has 0 aromatic carbocycles. The van der Waals surface area contributed by atoms with E-state index < -0.39 is 0 Å². The first-order valence-electron chi connectivity index (χ1n) is 8.64. The van der Waals surface area contributed by atoms with Gasteiger partial charge in [-0.15, -0.1) is 0 Å². The Morgan fingerprint density at radius 2 is 1.55 bits per heavy atom. The topological polar surface area (TPSA) is 49.3 Å². The number of carbonyl (C=O) groups is 1. The maximum atomic E-state index is 11.8. The van der Waals surface area contributed by atoms with Crippen LogP contribution in [0.4, 0.5) is 0 Å². The van der Waals surface area contributed by atoms with Crippen molar-refractivity contribution in [2.45, 2.75) is 95.9 Å². The van der Waals surface area contributed by atoms with Gasteiger partial charge in [-0.3, -0.25) is 4.79 Å². The number of rotatable bonds is 12. The number of hydrogen-bond donors (Lipinski definition) is 2. The molecule has 1 amide bonds. The molecule has 2 N–H and O–H groups in total. The van der Waals surface area contributed by atoms with E-state index in [1.165, 1.54) is 44.9 Å². The average Bonchev–Trinajstić information content (AvgIpc) is 2.41. The zero-order valence-corrected chi connectivity index (χ0v) is 13.3. The van der Waals surface area contributed by atoms with E-state index in [0.717, 1.165) is 32.1 Å². The van der Waals surface area contributed by atoms with Crippen LogP contribution in [-0.4, -0.2) is 23.2 Å². The molecular weight excluding hydrogens is 250 g/mol. The van der Waals surface area contributed by atoms with Crippen LogP contribution in [0, 0.1) is 0 Å². The summed E-state index contributed by atoms with van der Waals surface area (Å²) in [6, 6.07) is 0. The number of hydrogen-bond acceptors (Lipinski definition) is 2. The summed E-state index contributed by atoms with van der Waals surface area (Å²) in [5, 5.41) is 12.3. The Labute approximate surface area is 124 Å². The lowest BCUT2D eigenvalue weighted by Gasteiger charge is -2.41. The lowest BCUT2D eigenvalue weighted by atomic mass is 9.77. The van der Waals surface area contributed by atoms with E-state index in [0.29, 0.717) is 6.42 Å². The molecule has 3 nitrogen and oxygen atoms in total. The predicted octanol–water partition coefficient (Wildman–Crippen LogP) is 3.94. The van der Waals surface area contributed by atoms with E-state index in [1.54, 1.807) is 0 Å². The van der Waals surface area contributed by atoms with Crippen molar-refractivity contribution < 1.29 is 9.90 Å². The molecule has 0 bridgehead atoms. The lowest BCUT2D eigenvalue weighted by Crippen LogP contribution is -2.56. The summed E-state index contributed by atoms with van der Waals surface area (Å²) in [4.78, 5) is 11.8. The zero-order valence-electron chi connectivity index (χ0n) is 13.3. The van der Waals surface area contributed by atoms with E-state index in [2.05, 4.69) is 12.2 Å². The summed E-state index contributed by atoms with van der Waals surface area (Å²) >= 11 is 0. The minimum atomic E-state index is -0.267. The van der Waals surface area contributed by atoms with Gasteiger partial charge in [0, 0.05) is 6.42 Å². The van der Waals surface area contributed by atoms with Crippen LogP contribution in [0.5, 0.6) is 0 Å². The van der Waals surface area contributed by atoms with Crippen molar-refractivity contribution in [2.24, 2.45) is 0 Å². The molecule has 1 rings (SSSR count). The minimum absolute atomic E-state index is 0.0938. The van der Waals surface area contributed by atoms with Crippen molar-refractivity contribution >= 4 is 5.91 Å². The summed E-state index contributed by atoms with van der Waals surface area (Å²) in [5.41, 5.74) is -0.267. The summed E-state index contributed by atoms with van der Waals surface area (Å²) in [5.74, 6) is 0.127. The lowest BCUT2D eigenvalue weighted by molar-refractivity contribution is -0.125. The van der Waals surface area contributed by atoms with Gasteiger partial charge in [-0.25, -0.2) is 0 Å². The van der Waals surface area contributed by atoms with E-state index in [4.69, 9.17) is 0 Å². The van der Waals surface area contributed by atoms with Crippen LogP contribution in [0.3, 0.4) is 0 Å². The van der Waals surface area contributed by atoms with Crippen LogP contribution in [-0.2, 0) is 4.79 Å². The highest BCUT2D eigenvalue weighted by molar-refractivity contribution is 5.76. The highest BCUT2D eigenvalue weighted by Crippen LogP contribution is 2.31. The summed E-state index contributed by atoms with van der Waals surface area (Å²) in [7, 11) is 0. The smallest absolute Gasteiger partial charge is 0.220 e. The molecule has 0 atom stereocenters. The molecule has 1 fully saturated rings. The van der Waals surface area contributed by atoms with E-state index in [9.17, 15) is 9.90 Å². The number of aliphatic hydroxyl groups excluding tert-OH is 1. The van der Waals surface area contributed by atoms with Gasteiger partial charge in [0.15, 0.2) is 0 Å². The third-order valence-corrected chi connectivity index (χ3v) is 4.53. The van der Waals surface area contributed by atoms with Crippen molar-refractivity contribution in [3.63, 3.8) is 0 Å². The fourth-order valence-electron chi connectivity index (χ4n) is 2.88. The van der Waals surface area contributed by atoms with Gasteiger partial charge in [-0.1, -0.05) is 58.3 Å². The molecular formula is C17H33NO2. The third kappa shape index (κ3) is 6.74. The maximum Gasteiger partial charge on any atom is 0.220 e. The van der Waals surface area contributed by atoms with E-state index >= 15 is 0 Å². The van der Waals surface area contributed by atoms with Crippen molar-refractivity contribution in [3.05, 3.63) is 0 Å². The third-order valence-electron chi connectivity index (χ3n) is 4.53. The SMILES string of the molecule is CCCCCCCCCCCC(=O)NC1(CO)CCC1.